The Morgan fingerprint density at radius 2 is 2.38 bits per heavy atom. The van der Waals surface area contributed by atoms with Crippen molar-refractivity contribution >= 4 is 21.7 Å². The Labute approximate surface area is 86.3 Å². The van der Waals surface area contributed by atoms with Gasteiger partial charge in [-0.1, -0.05) is 22.9 Å². The average molecular weight is 242 g/mol. The average Bonchev–Trinajstić information content (AvgIpc) is 2.49. The van der Waals surface area contributed by atoms with Crippen molar-refractivity contribution in [1.29, 1.82) is 0 Å². The van der Waals surface area contributed by atoms with Crippen LogP contribution < -0.4 is 4.90 Å². The molecule has 70 valence electrons. The Kier molecular flexibility index (Phi) is 2.49. The highest BCUT2D eigenvalue weighted by atomic mass is 79.9. The first-order chi connectivity index (χ1) is 6.27. The topological polar surface area (TPSA) is 29.0 Å². The van der Waals surface area contributed by atoms with Gasteiger partial charge >= 0.3 is 0 Å². The van der Waals surface area contributed by atoms with Crippen LogP contribution in [0.2, 0.25) is 0 Å². The predicted molar refractivity (Wildman–Crippen MR) is 56.1 cm³/mol. The van der Waals surface area contributed by atoms with Gasteiger partial charge in [-0.25, -0.2) is 9.97 Å². The second kappa shape index (κ2) is 3.62. The van der Waals surface area contributed by atoms with Crippen LogP contribution in [-0.4, -0.2) is 27.9 Å². The monoisotopic (exact) mass is 241 g/mol. The predicted octanol–water partition coefficient (Wildman–Crippen LogP) is 1.70. The molecule has 2 unspecified atom stereocenters. The summed E-state index contributed by atoms with van der Waals surface area (Å²) in [6.45, 7) is 4.37. The van der Waals surface area contributed by atoms with E-state index in [2.05, 4.69) is 37.7 Å². The maximum absolute atomic E-state index is 4.22. The number of alkyl halides is 1. The van der Waals surface area contributed by atoms with E-state index in [1.54, 1.807) is 12.5 Å². The summed E-state index contributed by atoms with van der Waals surface area (Å²) in [7, 11) is 0. The molecule has 0 radical (unpaired) electrons. The molecule has 0 amide bonds. The molecule has 1 fully saturated rings. The second-order valence-corrected chi connectivity index (χ2v) is 4.64. The zero-order valence-electron chi connectivity index (χ0n) is 7.52. The van der Waals surface area contributed by atoms with Crippen molar-refractivity contribution in [3.63, 3.8) is 0 Å². The van der Waals surface area contributed by atoms with E-state index in [1.807, 2.05) is 6.07 Å². The number of hydrogen-bond donors (Lipinski definition) is 0. The zero-order chi connectivity index (χ0) is 9.26. The zero-order valence-corrected chi connectivity index (χ0v) is 9.11. The molecule has 13 heavy (non-hydrogen) atoms. The fourth-order valence-electron chi connectivity index (χ4n) is 1.58. The van der Waals surface area contributed by atoms with E-state index in [-0.39, 0.29) is 0 Å². The standard InChI is InChI=1S/C9H12BrN3/c1-7-4-13(5-8(7)10)9-2-3-11-6-12-9/h2-3,6-8H,4-5H2,1H3. The smallest absolute Gasteiger partial charge is 0.131 e. The molecule has 1 aliphatic rings. The van der Waals surface area contributed by atoms with Gasteiger partial charge in [0.1, 0.15) is 12.1 Å². The van der Waals surface area contributed by atoms with Crippen LogP contribution >= 0.6 is 15.9 Å². The fraction of sp³-hybridized carbons (Fsp3) is 0.556. The van der Waals surface area contributed by atoms with Crippen LogP contribution in [0.1, 0.15) is 6.92 Å². The Morgan fingerprint density at radius 1 is 1.54 bits per heavy atom. The molecule has 0 saturated carbocycles. The molecule has 1 aromatic heterocycles. The van der Waals surface area contributed by atoms with Crippen molar-refractivity contribution in [2.75, 3.05) is 18.0 Å². The third kappa shape index (κ3) is 1.82. The van der Waals surface area contributed by atoms with Gasteiger partial charge in [0.15, 0.2) is 0 Å². The highest BCUT2D eigenvalue weighted by molar-refractivity contribution is 9.09. The molecular formula is C9H12BrN3. The maximum Gasteiger partial charge on any atom is 0.131 e. The molecule has 1 aliphatic heterocycles. The summed E-state index contributed by atoms with van der Waals surface area (Å²) in [4.78, 5) is 11.0. The number of hydrogen-bond acceptors (Lipinski definition) is 3. The van der Waals surface area contributed by atoms with Crippen LogP contribution in [0.15, 0.2) is 18.6 Å². The Bertz CT molecular complexity index is 267. The van der Waals surface area contributed by atoms with E-state index in [1.165, 1.54) is 0 Å². The summed E-state index contributed by atoms with van der Waals surface area (Å²) >= 11 is 3.66. The van der Waals surface area contributed by atoms with E-state index < -0.39 is 0 Å². The van der Waals surface area contributed by atoms with E-state index in [0.717, 1.165) is 18.9 Å². The molecular weight excluding hydrogens is 230 g/mol. The summed E-state index contributed by atoms with van der Waals surface area (Å²) in [5.74, 6) is 1.72. The van der Waals surface area contributed by atoms with Gasteiger partial charge in [0.25, 0.3) is 0 Å². The van der Waals surface area contributed by atoms with Gasteiger partial charge in [0.2, 0.25) is 0 Å². The van der Waals surface area contributed by atoms with E-state index in [9.17, 15) is 0 Å². The first-order valence-corrected chi connectivity index (χ1v) is 5.34. The lowest BCUT2D eigenvalue weighted by Gasteiger charge is -2.15. The molecule has 0 bridgehead atoms. The number of aromatic nitrogens is 2. The second-order valence-electron chi connectivity index (χ2n) is 3.47. The minimum absolute atomic E-state index is 0.586. The van der Waals surface area contributed by atoms with Crippen LogP contribution in [0.5, 0.6) is 0 Å². The number of halogens is 1. The third-order valence-electron chi connectivity index (χ3n) is 2.41. The van der Waals surface area contributed by atoms with Crippen LogP contribution in [0.3, 0.4) is 0 Å². The van der Waals surface area contributed by atoms with Gasteiger partial charge in [-0.2, -0.15) is 0 Å². The van der Waals surface area contributed by atoms with E-state index in [0.29, 0.717) is 10.7 Å². The minimum atomic E-state index is 0.586. The third-order valence-corrected chi connectivity index (χ3v) is 3.60. The molecule has 1 saturated heterocycles. The van der Waals surface area contributed by atoms with Gasteiger partial charge in [-0.05, 0) is 12.0 Å². The van der Waals surface area contributed by atoms with Crippen molar-refractivity contribution in [2.45, 2.75) is 11.8 Å². The van der Waals surface area contributed by atoms with Crippen LogP contribution in [0.4, 0.5) is 5.82 Å². The summed E-state index contributed by atoms with van der Waals surface area (Å²) < 4.78 is 0. The first-order valence-electron chi connectivity index (χ1n) is 4.42. The van der Waals surface area contributed by atoms with Crippen molar-refractivity contribution in [1.82, 2.24) is 9.97 Å². The molecule has 3 nitrogen and oxygen atoms in total. The molecule has 1 aromatic rings. The lowest BCUT2D eigenvalue weighted by molar-refractivity contribution is 0.679. The highest BCUT2D eigenvalue weighted by Crippen LogP contribution is 2.26. The first kappa shape index (κ1) is 8.94. The lowest BCUT2D eigenvalue weighted by atomic mass is 10.2. The molecule has 0 aliphatic carbocycles. The summed E-state index contributed by atoms with van der Waals surface area (Å²) in [6, 6.07) is 1.96. The van der Waals surface area contributed by atoms with Crippen LogP contribution in [-0.2, 0) is 0 Å². The van der Waals surface area contributed by atoms with Gasteiger partial charge in [0.05, 0.1) is 0 Å². The fourth-order valence-corrected chi connectivity index (χ4v) is 2.10. The molecule has 2 rings (SSSR count). The normalized spacial score (nSPS) is 28.0. The van der Waals surface area contributed by atoms with Gasteiger partial charge in [-0.3, -0.25) is 0 Å². The molecule has 2 heterocycles. The number of rotatable bonds is 1. The van der Waals surface area contributed by atoms with Crippen molar-refractivity contribution < 1.29 is 0 Å². The summed E-state index contributed by atoms with van der Waals surface area (Å²) in [5.41, 5.74) is 0. The highest BCUT2D eigenvalue weighted by Gasteiger charge is 2.27. The van der Waals surface area contributed by atoms with E-state index >= 15 is 0 Å². The van der Waals surface area contributed by atoms with Crippen molar-refractivity contribution in [3.8, 4) is 0 Å². The minimum Gasteiger partial charge on any atom is -0.355 e. The quantitative estimate of drug-likeness (QED) is 0.702. The van der Waals surface area contributed by atoms with Crippen LogP contribution in [0, 0.1) is 5.92 Å². The summed E-state index contributed by atoms with van der Waals surface area (Å²) in [6.07, 6.45) is 3.39. The Hall–Kier alpha value is -0.640. The van der Waals surface area contributed by atoms with Crippen molar-refractivity contribution in [2.24, 2.45) is 5.92 Å². The Balaban J connectivity index is 2.12. The van der Waals surface area contributed by atoms with Gasteiger partial charge in [0, 0.05) is 24.1 Å². The van der Waals surface area contributed by atoms with Gasteiger partial charge in [-0.15, -0.1) is 0 Å². The molecule has 0 spiro atoms. The Morgan fingerprint density at radius 3 is 2.92 bits per heavy atom. The van der Waals surface area contributed by atoms with Crippen molar-refractivity contribution in [3.05, 3.63) is 18.6 Å². The lowest BCUT2D eigenvalue weighted by Crippen LogP contribution is -2.20. The molecule has 4 heteroatoms. The number of anilines is 1. The SMILES string of the molecule is CC1CN(c2ccncn2)CC1Br. The van der Waals surface area contributed by atoms with Crippen LogP contribution in [0.25, 0.3) is 0 Å². The summed E-state index contributed by atoms with van der Waals surface area (Å²) in [5, 5.41) is 0. The largest absolute Gasteiger partial charge is 0.355 e. The molecule has 0 aromatic carbocycles. The van der Waals surface area contributed by atoms with E-state index in [4.69, 9.17) is 0 Å². The number of nitrogens with zero attached hydrogens (tertiary/aromatic N) is 3. The molecule has 0 N–H and O–H groups in total. The molecule has 2 atom stereocenters. The van der Waals surface area contributed by atoms with Gasteiger partial charge < -0.3 is 4.90 Å². The maximum atomic E-state index is 4.22.